The van der Waals surface area contributed by atoms with Crippen LogP contribution in [0, 0.1) is 0 Å². The van der Waals surface area contributed by atoms with Crippen molar-refractivity contribution in [3.63, 3.8) is 0 Å². The average molecular weight is 859 g/mol. The first-order chi connectivity index (χ1) is 29.5. The Morgan fingerprint density at radius 2 is 0.903 bits per heavy atom. The van der Waals surface area contributed by atoms with E-state index in [1.807, 2.05) is 0 Å². The molecule has 0 saturated heterocycles. The van der Waals surface area contributed by atoms with Crippen LogP contribution in [0.15, 0.2) is 120 Å². The number of nitrogens with two attached hydrogens (primary N) is 2. The fourth-order valence-electron chi connectivity index (χ4n) is 8.38. The summed E-state index contributed by atoms with van der Waals surface area (Å²) < 4.78 is 82.2. The molecule has 4 aromatic rings. The van der Waals surface area contributed by atoms with Crippen LogP contribution >= 0.6 is 0 Å². The highest BCUT2D eigenvalue weighted by Crippen LogP contribution is 2.42. The normalized spacial score (nSPS) is 19.3. The van der Waals surface area contributed by atoms with Crippen LogP contribution in [0.5, 0.6) is 0 Å². The smallest absolute Gasteiger partial charge is 0.399 e. The molecule has 62 heavy (non-hydrogen) atoms. The Balaban J connectivity index is 0.942. The zero-order valence-electron chi connectivity index (χ0n) is 32.9. The molecule has 0 spiro atoms. The maximum absolute atomic E-state index is 14.1. The van der Waals surface area contributed by atoms with Crippen molar-refractivity contribution in [2.75, 3.05) is 47.4 Å². The van der Waals surface area contributed by atoms with Crippen molar-refractivity contribution in [3.05, 3.63) is 142 Å². The number of anilines is 4. The molecule has 6 N–H and O–H groups in total. The van der Waals surface area contributed by atoms with Gasteiger partial charge in [0, 0.05) is 24.5 Å². The molecule has 2 atom stereocenters. The van der Waals surface area contributed by atoms with Crippen LogP contribution in [0.3, 0.4) is 0 Å². The first-order valence-corrected chi connectivity index (χ1v) is 19.8. The molecule has 0 unspecified atom stereocenters. The molecule has 0 saturated carbocycles. The number of hydrogen-bond acceptors (Lipinski definition) is 6. The zero-order chi connectivity index (χ0) is 44.1. The van der Waals surface area contributed by atoms with E-state index < -0.39 is 47.6 Å². The Kier molecular flexibility index (Phi) is 10.9. The predicted molar refractivity (Wildman–Crippen MR) is 218 cm³/mol. The standard InChI is InChI=1S/C44H40F6N8O4/c45-43(46,47)27-7-5-9-31(21-27)57-33-23-55(39(59)35(33)37(53-41(57)61)25-11-15-29(51)16-12-25)19-3-1-2-4-20-56-24-34-36(40(56)60)38(26-13-17-30(52)18-14-26)54-42(62)58(34)32-10-6-8-28(22-32)44(48,49)50/h5-18,21-22,37-38H,1-4,19-20,23-24,51-52H2,(H,53,61)(H,54,62)/t37-,38-/m1/s1. The van der Waals surface area contributed by atoms with Gasteiger partial charge in [0.05, 0.1) is 70.2 Å². The highest BCUT2D eigenvalue weighted by atomic mass is 19.4. The van der Waals surface area contributed by atoms with Crippen LogP contribution in [-0.2, 0) is 21.9 Å². The average Bonchev–Trinajstić information content (AvgIpc) is 3.73. The molecule has 4 heterocycles. The predicted octanol–water partition coefficient (Wildman–Crippen LogP) is 7.88. The fraction of sp³-hybridized carbons (Fsp3) is 0.273. The molecule has 4 aliphatic heterocycles. The Morgan fingerprint density at radius 1 is 0.532 bits per heavy atom. The van der Waals surface area contributed by atoms with Gasteiger partial charge in [-0.25, -0.2) is 9.59 Å². The lowest BCUT2D eigenvalue weighted by atomic mass is 9.95. The highest BCUT2D eigenvalue weighted by molar-refractivity contribution is 6.08. The quantitative estimate of drug-likeness (QED) is 0.0683. The van der Waals surface area contributed by atoms with Gasteiger partial charge in [-0.15, -0.1) is 0 Å². The second-order valence-electron chi connectivity index (χ2n) is 15.5. The summed E-state index contributed by atoms with van der Waals surface area (Å²) in [5.74, 6) is -0.746. The van der Waals surface area contributed by atoms with Crippen molar-refractivity contribution in [1.29, 1.82) is 0 Å². The second kappa shape index (κ2) is 16.1. The summed E-state index contributed by atoms with van der Waals surface area (Å²) >= 11 is 0. The molecular weight excluding hydrogens is 819 g/mol. The minimum Gasteiger partial charge on any atom is -0.399 e. The van der Waals surface area contributed by atoms with Crippen LogP contribution in [0.2, 0.25) is 0 Å². The van der Waals surface area contributed by atoms with Gasteiger partial charge in [0.15, 0.2) is 0 Å². The summed E-state index contributed by atoms with van der Waals surface area (Å²) in [6.07, 6.45) is -7.05. The van der Waals surface area contributed by atoms with Gasteiger partial charge in [-0.3, -0.25) is 19.4 Å². The Morgan fingerprint density at radius 3 is 1.26 bits per heavy atom. The Hall–Kier alpha value is -6.98. The summed E-state index contributed by atoms with van der Waals surface area (Å²) in [6.45, 7) is 0.499. The second-order valence-corrected chi connectivity index (χ2v) is 15.5. The maximum atomic E-state index is 14.1. The molecule has 0 aromatic heterocycles. The van der Waals surface area contributed by atoms with Gasteiger partial charge in [0.2, 0.25) is 0 Å². The molecule has 4 aliphatic rings. The molecule has 8 rings (SSSR count). The van der Waals surface area contributed by atoms with Crippen molar-refractivity contribution in [1.82, 2.24) is 20.4 Å². The number of benzene rings is 4. The summed E-state index contributed by atoms with van der Waals surface area (Å²) in [4.78, 5) is 60.7. The van der Waals surface area contributed by atoms with Crippen LogP contribution < -0.4 is 31.9 Å². The fourth-order valence-corrected chi connectivity index (χ4v) is 8.38. The molecule has 0 bridgehead atoms. The Bertz CT molecular complexity index is 2330. The van der Waals surface area contributed by atoms with Gasteiger partial charge in [-0.2, -0.15) is 26.3 Å². The maximum Gasteiger partial charge on any atom is 0.416 e. The molecule has 6 amide bonds. The van der Waals surface area contributed by atoms with E-state index in [9.17, 15) is 45.5 Å². The molecule has 0 radical (unpaired) electrons. The van der Waals surface area contributed by atoms with Gasteiger partial charge in [-0.05, 0) is 84.6 Å². The number of amides is 6. The van der Waals surface area contributed by atoms with Gasteiger partial charge in [0.25, 0.3) is 11.8 Å². The third-order valence-electron chi connectivity index (χ3n) is 11.4. The summed E-state index contributed by atoms with van der Waals surface area (Å²) in [7, 11) is 0. The number of carbonyl (C=O) groups excluding carboxylic acids is 4. The number of nitrogen functional groups attached to an aromatic ring is 2. The van der Waals surface area contributed by atoms with Crippen LogP contribution in [0.4, 0.5) is 58.7 Å². The molecule has 0 aliphatic carbocycles. The summed E-state index contributed by atoms with van der Waals surface area (Å²) in [5.41, 5.74) is 12.9. The molecule has 18 heteroatoms. The van der Waals surface area contributed by atoms with Crippen molar-refractivity contribution in [3.8, 4) is 0 Å². The SMILES string of the molecule is Nc1ccc([C@H]2NC(=O)N(c3cccc(C(F)(F)F)c3)C3=C2C(=O)N(CCCCCCN2CC4=C(C2=O)[C@@H](c2ccc(N)cc2)NC(=O)N4c2cccc(C(F)(F)F)c2)C3)cc1. The highest BCUT2D eigenvalue weighted by Gasteiger charge is 2.47. The number of halogens is 6. The molecular formula is C44H40F6N8O4. The van der Waals surface area contributed by atoms with Crippen molar-refractivity contribution < 1.29 is 45.5 Å². The van der Waals surface area contributed by atoms with E-state index in [0.717, 1.165) is 34.1 Å². The number of carbonyl (C=O) groups is 4. The monoisotopic (exact) mass is 858 g/mol. The lowest BCUT2D eigenvalue weighted by Gasteiger charge is -2.34. The van der Waals surface area contributed by atoms with Crippen molar-refractivity contribution >= 4 is 46.6 Å². The Labute approximate surface area is 351 Å². The third kappa shape index (κ3) is 7.99. The largest absolute Gasteiger partial charge is 0.416 e. The molecule has 4 aromatic carbocycles. The lowest BCUT2D eigenvalue weighted by Crippen LogP contribution is -2.47. The zero-order valence-corrected chi connectivity index (χ0v) is 32.9. The third-order valence-corrected chi connectivity index (χ3v) is 11.4. The number of rotatable bonds is 11. The number of nitrogens with one attached hydrogen (secondary N) is 2. The van der Waals surface area contributed by atoms with E-state index in [4.69, 9.17) is 11.5 Å². The minimum atomic E-state index is -4.66. The number of nitrogens with zero attached hydrogens (tertiary/aromatic N) is 4. The number of hydrogen-bond donors (Lipinski definition) is 4. The van der Waals surface area contributed by atoms with Crippen LogP contribution in [0.25, 0.3) is 0 Å². The van der Waals surface area contributed by atoms with Gasteiger partial charge in [-0.1, -0.05) is 49.2 Å². The van der Waals surface area contributed by atoms with Gasteiger partial charge < -0.3 is 31.9 Å². The van der Waals surface area contributed by atoms with E-state index in [1.54, 1.807) is 58.3 Å². The van der Waals surface area contributed by atoms with E-state index in [0.29, 0.717) is 48.2 Å². The van der Waals surface area contributed by atoms with Crippen LogP contribution in [-0.4, -0.2) is 59.9 Å². The summed E-state index contributed by atoms with van der Waals surface area (Å²) in [6, 6.07) is 18.8. The topological polar surface area (TPSA) is 157 Å². The first kappa shape index (κ1) is 41.7. The van der Waals surface area contributed by atoms with Crippen LogP contribution in [0.1, 0.15) is 60.0 Å². The van der Waals surface area contributed by atoms with Gasteiger partial charge in [0.1, 0.15) is 0 Å². The van der Waals surface area contributed by atoms with Gasteiger partial charge >= 0.3 is 24.4 Å². The van der Waals surface area contributed by atoms with Crippen molar-refractivity contribution in [2.24, 2.45) is 0 Å². The first-order valence-electron chi connectivity index (χ1n) is 19.8. The molecule has 12 nitrogen and oxygen atoms in total. The van der Waals surface area contributed by atoms with Crippen molar-refractivity contribution in [2.45, 2.75) is 50.1 Å². The number of alkyl halides is 6. The van der Waals surface area contributed by atoms with E-state index in [-0.39, 0.29) is 71.9 Å². The number of urea groups is 2. The minimum absolute atomic E-state index is 0.0207. The molecule has 0 fully saturated rings. The lowest BCUT2D eigenvalue weighted by molar-refractivity contribution is -0.138. The summed E-state index contributed by atoms with van der Waals surface area (Å²) in [5, 5.41) is 5.60. The van der Waals surface area contributed by atoms with E-state index in [2.05, 4.69) is 10.6 Å². The van der Waals surface area contributed by atoms with E-state index >= 15 is 0 Å². The number of unbranched alkanes of at least 4 members (excludes halogenated alkanes) is 3. The molecule has 322 valence electrons. The van der Waals surface area contributed by atoms with E-state index in [1.165, 1.54) is 24.3 Å².